The van der Waals surface area contributed by atoms with Crippen LogP contribution in [-0.2, 0) is 15.9 Å². The van der Waals surface area contributed by atoms with Crippen LogP contribution in [0.15, 0.2) is 18.2 Å². The monoisotopic (exact) mass is 261 g/mol. The molecular weight excluding hydrogens is 246 g/mol. The van der Waals surface area contributed by atoms with Gasteiger partial charge in [-0.3, -0.25) is 9.59 Å². The van der Waals surface area contributed by atoms with Crippen LogP contribution >= 0.6 is 0 Å². The highest BCUT2D eigenvalue weighted by atomic mass is 16.6. The lowest BCUT2D eigenvalue weighted by Gasteiger charge is -2.22. The van der Waals surface area contributed by atoms with Crippen LogP contribution in [-0.4, -0.2) is 44.2 Å². The second-order valence-corrected chi connectivity index (χ2v) is 4.68. The molecule has 5 nitrogen and oxygen atoms in total. The first-order valence-electron chi connectivity index (χ1n) is 6.40. The van der Waals surface area contributed by atoms with Crippen molar-refractivity contribution in [2.24, 2.45) is 0 Å². The number of hydrogen-bond acceptors (Lipinski definition) is 4. The van der Waals surface area contributed by atoms with E-state index in [0.717, 1.165) is 12.0 Å². The maximum Gasteiger partial charge on any atom is 0.251 e. The predicted octanol–water partition coefficient (Wildman–Crippen LogP) is 0.571. The number of benzene rings is 1. The Morgan fingerprint density at radius 3 is 3.00 bits per heavy atom. The molecule has 0 radical (unpaired) electrons. The van der Waals surface area contributed by atoms with Crippen molar-refractivity contribution in [1.29, 1.82) is 0 Å². The van der Waals surface area contributed by atoms with Crippen LogP contribution in [0.5, 0.6) is 0 Å². The molecule has 0 saturated carbocycles. The average Bonchev–Trinajstić information content (AvgIpc) is 2.47. The Bertz CT molecular complexity index is 520. The van der Waals surface area contributed by atoms with Crippen molar-refractivity contribution in [1.82, 2.24) is 5.32 Å². The number of fused-ring (bicyclic) bond motifs is 1. The maximum atomic E-state index is 12.3. The van der Waals surface area contributed by atoms with Crippen molar-refractivity contribution >= 4 is 11.7 Å². The number of amides is 1. The zero-order valence-corrected chi connectivity index (χ0v) is 10.5. The smallest absolute Gasteiger partial charge is 0.251 e. The molecule has 1 fully saturated rings. The lowest BCUT2D eigenvalue weighted by molar-refractivity contribution is -0.0719. The highest BCUT2D eigenvalue weighted by Crippen LogP contribution is 2.18. The van der Waals surface area contributed by atoms with Gasteiger partial charge in [0.2, 0.25) is 0 Å². The second-order valence-electron chi connectivity index (χ2n) is 4.68. The summed E-state index contributed by atoms with van der Waals surface area (Å²) in [5.41, 5.74) is 2.08. The average molecular weight is 261 g/mol. The van der Waals surface area contributed by atoms with E-state index in [1.54, 1.807) is 12.1 Å². The molecule has 2 heterocycles. The van der Waals surface area contributed by atoms with Gasteiger partial charge in [0.25, 0.3) is 5.91 Å². The van der Waals surface area contributed by atoms with E-state index >= 15 is 0 Å². The van der Waals surface area contributed by atoms with Gasteiger partial charge in [0.05, 0.1) is 19.8 Å². The minimum atomic E-state index is -0.557. The molecule has 1 unspecified atom stereocenters. The van der Waals surface area contributed by atoms with E-state index in [1.165, 1.54) is 0 Å². The van der Waals surface area contributed by atoms with Crippen molar-refractivity contribution in [3.05, 3.63) is 34.9 Å². The molecule has 2 aliphatic heterocycles. The number of hydrogen-bond donors (Lipinski definition) is 1. The number of carbonyl (C=O) groups is 2. The third-order valence-electron chi connectivity index (χ3n) is 3.43. The first kappa shape index (κ1) is 12.3. The molecule has 1 aromatic rings. The molecule has 0 aliphatic carbocycles. The molecule has 0 bridgehead atoms. The van der Waals surface area contributed by atoms with Crippen LogP contribution in [0.2, 0.25) is 0 Å². The van der Waals surface area contributed by atoms with E-state index in [4.69, 9.17) is 9.47 Å². The molecule has 1 amide bonds. The number of rotatable bonds is 2. The van der Waals surface area contributed by atoms with Crippen LogP contribution in [0, 0.1) is 0 Å². The minimum absolute atomic E-state index is 0.114. The Balaban J connectivity index is 1.86. The summed E-state index contributed by atoms with van der Waals surface area (Å²) < 4.78 is 10.6. The third-order valence-corrected chi connectivity index (χ3v) is 3.43. The van der Waals surface area contributed by atoms with E-state index in [0.29, 0.717) is 30.9 Å². The van der Waals surface area contributed by atoms with Gasteiger partial charge in [-0.25, -0.2) is 0 Å². The molecule has 19 heavy (non-hydrogen) atoms. The fourth-order valence-electron chi connectivity index (χ4n) is 2.39. The predicted molar refractivity (Wildman–Crippen MR) is 67.4 cm³/mol. The summed E-state index contributed by atoms with van der Waals surface area (Å²) in [6, 6.07) is 5.27. The van der Waals surface area contributed by atoms with E-state index in [9.17, 15) is 9.59 Å². The number of carbonyl (C=O) groups excluding carboxylic acids is 2. The molecule has 0 aromatic heterocycles. The quantitative estimate of drug-likeness (QED) is 0.791. The normalized spacial score (nSPS) is 22.5. The summed E-state index contributed by atoms with van der Waals surface area (Å²) in [5, 5.41) is 2.78. The lowest BCUT2D eigenvalue weighted by Crippen LogP contribution is -2.36. The van der Waals surface area contributed by atoms with Gasteiger partial charge in [-0.1, -0.05) is 12.1 Å². The lowest BCUT2D eigenvalue weighted by atomic mass is 9.95. The number of Topliss-reactive ketones (excluding diaryl/α,β-unsaturated/α-hetero) is 1. The molecule has 2 aliphatic rings. The van der Waals surface area contributed by atoms with Crippen LogP contribution < -0.4 is 5.32 Å². The fraction of sp³-hybridized carbons (Fsp3) is 0.429. The van der Waals surface area contributed by atoms with E-state index in [-0.39, 0.29) is 18.3 Å². The Labute approximate surface area is 110 Å². The fourth-order valence-corrected chi connectivity index (χ4v) is 2.39. The van der Waals surface area contributed by atoms with Gasteiger partial charge in [-0.05, 0) is 18.1 Å². The zero-order valence-electron chi connectivity index (χ0n) is 10.5. The van der Waals surface area contributed by atoms with Crippen molar-refractivity contribution in [3.63, 3.8) is 0 Å². The first-order chi connectivity index (χ1) is 9.25. The topological polar surface area (TPSA) is 64.6 Å². The summed E-state index contributed by atoms with van der Waals surface area (Å²) >= 11 is 0. The van der Waals surface area contributed by atoms with Gasteiger partial charge in [0.1, 0.15) is 6.10 Å². The third kappa shape index (κ3) is 2.39. The zero-order chi connectivity index (χ0) is 13.2. The van der Waals surface area contributed by atoms with E-state index in [1.807, 2.05) is 6.07 Å². The van der Waals surface area contributed by atoms with Gasteiger partial charge in [0.15, 0.2) is 5.78 Å². The molecule has 1 aromatic carbocycles. The molecule has 0 spiro atoms. The molecule has 1 atom stereocenters. The number of nitrogens with one attached hydrogen (secondary N) is 1. The minimum Gasteiger partial charge on any atom is -0.376 e. The van der Waals surface area contributed by atoms with Gasteiger partial charge in [-0.2, -0.15) is 0 Å². The van der Waals surface area contributed by atoms with Gasteiger partial charge in [0, 0.05) is 17.7 Å². The summed E-state index contributed by atoms with van der Waals surface area (Å²) in [6.07, 6.45) is 0.247. The van der Waals surface area contributed by atoms with Crippen molar-refractivity contribution in [2.45, 2.75) is 12.5 Å². The van der Waals surface area contributed by atoms with Crippen molar-refractivity contribution in [2.75, 3.05) is 26.4 Å². The maximum absolute atomic E-state index is 12.3. The largest absolute Gasteiger partial charge is 0.376 e. The summed E-state index contributed by atoms with van der Waals surface area (Å²) in [4.78, 5) is 24.0. The van der Waals surface area contributed by atoms with Crippen molar-refractivity contribution < 1.29 is 19.1 Å². The van der Waals surface area contributed by atoms with E-state index in [2.05, 4.69) is 5.32 Å². The molecule has 1 saturated heterocycles. The second kappa shape index (κ2) is 5.11. The van der Waals surface area contributed by atoms with Crippen LogP contribution in [0.4, 0.5) is 0 Å². The van der Waals surface area contributed by atoms with Gasteiger partial charge >= 0.3 is 0 Å². The molecule has 3 rings (SSSR count). The van der Waals surface area contributed by atoms with Crippen molar-refractivity contribution in [3.8, 4) is 0 Å². The highest BCUT2D eigenvalue weighted by molar-refractivity contribution is 6.03. The Morgan fingerprint density at radius 1 is 1.32 bits per heavy atom. The summed E-state index contributed by atoms with van der Waals surface area (Å²) in [6.45, 7) is 1.89. The Kier molecular flexibility index (Phi) is 3.31. The first-order valence-corrected chi connectivity index (χ1v) is 6.40. The summed E-state index contributed by atoms with van der Waals surface area (Å²) in [7, 11) is 0. The molecule has 100 valence electrons. The molecule has 1 N–H and O–H groups in total. The Morgan fingerprint density at radius 2 is 2.21 bits per heavy atom. The standard InChI is InChI=1S/C14H15NO4/c16-13(12-8-18-5-6-19-12)10-2-1-9-3-4-15-14(17)11(9)7-10/h1-2,7,12H,3-6,8H2,(H,15,17). The van der Waals surface area contributed by atoms with Crippen LogP contribution in [0.1, 0.15) is 26.3 Å². The van der Waals surface area contributed by atoms with Gasteiger partial charge < -0.3 is 14.8 Å². The van der Waals surface area contributed by atoms with E-state index < -0.39 is 6.10 Å². The number of ether oxygens (including phenoxy) is 2. The van der Waals surface area contributed by atoms with Crippen LogP contribution in [0.25, 0.3) is 0 Å². The molecule has 5 heteroatoms. The van der Waals surface area contributed by atoms with Gasteiger partial charge in [-0.15, -0.1) is 0 Å². The highest BCUT2D eigenvalue weighted by Gasteiger charge is 2.26. The number of ketones is 1. The van der Waals surface area contributed by atoms with Crippen LogP contribution in [0.3, 0.4) is 0 Å². The SMILES string of the molecule is O=C1NCCc2ccc(C(=O)C3COCCO3)cc21. The Hall–Kier alpha value is -1.72. The molecular formula is C14H15NO4. The summed E-state index contributed by atoms with van der Waals surface area (Å²) in [5.74, 6) is -0.238.